The highest BCUT2D eigenvalue weighted by atomic mass is 19.1. The summed E-state index contributed by atoms with van der Waals surface area (Å²) in [5.41, 5.74) is 1.13. The van der Waals surface area contributed by atoms with Gasteiger partial charge in [-0.15, -0.1) is 0 Å². The van der Waals surface area contributed by atoms with Gasteiger partial charge in [-0.2, -0.15) is 4.98 Å². The predicted molar refractivity (Wildman–Crippen MR) is 98.1 cm³/mol. The molecule has 7 nitrogen and oxygen atoms in total. The normalized spacial score (nSPS) is 10.5. The van der Waals surface area contributed by atoms with Crippen LogP contribution in [0.2, 0.25) is 0 Å². The molecule has 0 spiro atoms. The summed E-state index contributed by atoms with van der Waals surface area (Å²) in [7, 11) is 1.55. The Morgan fingerprint density at radius 2 is 1.79 bits per heavy atom. The fourth-order valence-corrected chi connectivity index (χ4v) is 2.45. The number of hydrogen-bond acceptors (Lipinski definition) is 6. The van der Waals surface area contributed by atoms with Crippen LogP contribution in [0.15, 0.2) is 53.1 Å². The maximum absolute atomic E-state index is 12.9. The molecule has 0 atom stereocenters. The van der Waals surface area contributed by atoms with Crippen molar-refractivity contribution in [2.24, 2.45) is 0 Å². The van der Waals surface area contributed by atoms with Crippen LogP contribution in [-0.2, 0) is 11.3 Å². The van der Waals surface area contributed by atoms with Crippen LogP contribution in [0.25, 0.3) is 11.4 Å². The molecule has 0 aliphatic heterocycles. The van der Waals surface area contributed by atoms with Crippen molar-refractivity contribution >= 4 is 11.7 Å². The number of nitrogens with one attached hydrogen (secondary N) is 1. The number of rotatable bonds is 8. The molecule has 0 fully saturated rings. The number of benzene rings is 2. The highest BCUT2D eigenvalue weighted by Crippen LogP contribution is 2.16. The van der Waals surface area contributed by atoms with Crippen molar-refractivity contribution in [2.75, 3.05) is 7.11 Å². The number of hydrogen-bond donors (Lipinski definition) is 1. The number of carbonyl (C=O) groups is 2. The molecule has 0 saturated carbocycles. The van der Waals surface area contributed by atoms with Gasteiger partial charge in [-0.05, 0) is 48.5 Å². The molecule has 8 heteroatoms. The zero-order chi connectivity index (χ0) is 19.9. The number of amides is 1. The molecule has 1 N–H and O–H groups in total. The summed E-state index contributed by atoms with van der Waals surface area (Å²) in [5.74, 6) is 0.392. The number of ketones is 1. The Hall–Kier alpha value is -3.55. The largest absolute Gasteiger partial charge is 0.497 e. The van der Waals surface area contributed by atoms with Crippen LogP contribution in [0, 0.1) is 5.82 Å². The fourth-order valence-electron chi connectivity index (χ4n) is 2.45. The number of methoxy groups -OCH3 is 1. The van der Waals surface area contributed by atoms with E-state index >= 15 is 0 Å². The maximum Gasteiger partial charge on any atom is 0.246 e. The summed E-state index contributed by atoms with van der Waals surface area (Å²) in [6, 6.07) is 12.4. The number of aromatic nitrogens is 2. The monoisotopic (exact) mass is 383 g/mol. The van der Waals surface area contributed by atoms with Gasteiger partial charge in [-0.25, -0.2) is 4.39 Å². The Morgan fingerprint density at radius 1 is 1.07 bits per heavy atom. The van der Waals surface area contributed by atoms with Crippen molar-refractivity contribution in [2.45, 2.75) is 19.4 Å². The quantitative estimate of drug-likeness (QED) is 0.601. The third kappa shape index (κ3) is 5.00. The molecular weight excluding hydrogens is 365 g/mol. The zero-order valence-corrected chi connectivity index (χ0v) is 15.1. The van der Waals surface area contributed by atoms with E-state index in [1.807, 2.05) is 0 Å². The Bertz CT molecular complexity index is 952. The maximum atomic E-state index is 12.9. The van der Waals surface area contributed by atoms with Crippen molar-refractivity contribution in [3.63, 3.8) is 0 Å². The van der Waals surface area contributed by atoms with Crippen molar-refractivity contribution < 1.29 is 23.2 Å². The number of nitrogens with zero attached hydrogens (tertiary/aromatic N) is 2. The lowest BCUT2D eigenvalue weighted by Gasteiger charge is -2.04. The molecule has 144 valence electrons. The molecule has 0 aliphatic carbocycles. The average Bonchev–Trinajstić information content (AvgIpc) is 3.20. The number of carbonyl (C=O) groups excluding carboxylic acids is 2. The molecule has 1 amide bonds. The van der Waals surface area contributed by atoms with Gasteiger partial charge in [-0.1, -0.05) is 5.16 Å². The first-order chi connectivity index (χ1) is 13.5. The molecule has 0 radical (unpaired) electrons. The third-order valence-electron chi connectivity index (χ3n) is 4.00. The molecule has 0 aliphatic rings. The van der Waals surface area contributed by atoms with E-state index in [0.29, 0.717) is 22.7 Å². The second-order valence-electron chi connectivity index (χ2n) is 5.95. The van der Waals surface area contributed by atoms with E-state index in [-0.39, 0.29) is 42.8 Å². The minimum Gasteiger partial charge on any atom is -0.497 e. The van der Waals surface area contributed by atoms with E-state index in [4.69, 9.17) is 9.26 Å². The van der Waals surface area contributed by atoms with E-state index in [2.05, 4.69) is 15.5 Å². The minimum atomic E-state index is -0.357. The summed E-state index contributed by atoms with van der Waals surface area (Å²) >= 11 is 0. The summed E-state index contributed by atoms with van der Waals surface area (Å²) in [6.07, 6.45) is 0.132. The fraction of sp³-hybridized carbons (Fsp3) is 0.200. The van der Waals surface area contributed by atoms with Crippen molar-refractivity contribution in [3.8, 4) is 17.1 Å². The molecule has 0 unspecified atom stereocenters. The molecular formula is C20H18FN3O4. The van der Waals surface area contributed by atoms with E-state index in [1.165, 1.54) is 24.3 Å². The SMILES string of the molecule is COc1ccc(C(=O)CCC(=O)NCc2nc(-c3ccc(F)cc3)no2)cc1. The van der Waals surface area contributed by atoms with E-state index in [0.717, 1.165) is 0 Å². The zero-order valence-electron chi connectivity index (χ0n) is 15.1. The summed E-state index contributed by atoms with van der Waals surface area (Å²) < 4.78 is 23.1. The molecule has 2 aromatic carbocycles. The molecule has 1 heterocycles. The number of Topliss-reactive ketones (excluding diaryl/α,β-unsaturated/α-hetero) is 1. The van der Waals surface area contributed by atoms with Crippen LogP contribution < -0.4 is 10.1 Å². The van der Waals surface area contributed by atoms with E-state index in [1.54, 1.807) is 31.4 Å². The van der Waals surface area contributed by atoms with Crippen LogP contribution >= 0.6 is 0 Å². The molecule has 0 saturated heterocycles. The molecule has 1 aromatic heterocycles. The van der Waals surface area contributed by atoms with Gasteiger partial charge in [0, 0.05) is 24.0 Å². The van der Waals surface area contributed by atoms with E-state index in [9.17, 15) is 14.0 Å². The van der Waals surface area contributed by atoms with Gasteiger partial charge in [0.15, 0.2) is 5.78 Å². The van der Waals surface area contributed by atoms with Crippen molar-refractivity contribution in [3.05, 3.63) is 65.8 Å². The van der Waals surface area contributed by atoms with Gasteiger partial charge in [0.05, 0.1) is 13.7 Å². The highest BCUT2D eigenvalue weighted by molar-refractivity contribution is 5.98. The first kappa shape index (κ1) is 19.2. The van der Waals surface area contributed by atoms with Crippen molar-refractivity contribution in [1.82, 2.24) is 15.5 Å². The van der Waals surface area contributed by atoms with Gasteiger partial charge >= 0.3 is 0 Å². The van der Waals surface area contributed by atoms with Crippen LogP contribution in [0.3, 0.4) is 0 Å². The second-order valence-corrected chi connectivity index (χ2v) is 5.95. The van der Waals surface area contributed by atoms with Crippen LogP contribution in [0.4, 0.5) is 4.39 Å². The Morgan fingerprint density at radius 3 is 2.46 bits per heavy atom. The lowest BCUT2D eigenvalue weighted by molar-refractivity contribution is -0.121. The van der Waals surface area contributed by atoms with Gasteiger partial charge in [-0.3, -0.25) is 9.59 Å². The Kier molecular flexibility index (Phi) is 6.11. The molecule has 3 rings (SSSR count). The predicted octanol–water partition coefficient (Wildman–Crippen LogP) is 3.16. The molecule has 0 bridgehead atoms. The van der Waals surface area contributed by atoms with Gasteiger partial charge in [0.2, 0.25) is 17.6 Å². The standard InChI is InChI=1S/C20H18FN3O4/c1-27-16-8-4-13(5-9-16)17(25)10-11-18(26)22-12-19-23-20(24-28-19)14-2-6-15(21)7-3-14/h2-9H,10-12H2,1H3,(H,22,26). The first-order valence-corrected chi connectivity index (χ1v) is 8.57. The number of halogens is 1. The molecule has 28 heavy (non-hydrogen) atoms. The average molecular weight is 383 g/mol. The highest BCUT2D eigenvalue weighted by Gasteiger charge is 2.12. The summed E-state index contributed by atoms with van der Waals surface area (Å²) in [6.45, 7) is 0.0454. The van der Waals surface area contributed by atoms with Gasteiger partial charge in [0.1, 0.15) is 11.6 Å². The smallest absolute Gasteiger partial charge is 0.246 e. The lowest BCUT2D eigenvalue weighted by Crippen LogP contribution is -2.23. The Balaban J connectivity index is 1.46. The van der Waals surface area contributed by atoms with E-state index < -0.39 is 0 Å². The number of ether oxygens (including phenoxy) is 1. The first-order valence-electron chi connectivity index (χ1n) is 8.57. The Labute approximate surface area is 160 Å². The minimum absolute atomic E-state index is 0.0454. The second kappa shape index (κ2) is 8.90. The van der Waals surface area contributed by atoms with Crippen LogP contribution in [0.5, 0.6) is 5.75 Å². The van der Waals surface area contributed by atoms with Crippen LogP contribution in [-0.4, -0.2) is 28.9 Å². The summed E-state index contributed by atoms with van der Waals surface area (Å²) in [4.78, 5) is 28.2. The van der Waals surface area contributed by atoms with Crippen LogP contribution in [0.1, 0.15) is 29.1 Å². The van der Waals surface area contributed by atoms with Gasteiger partial charge in [0.25, 0.3) is 0 Å². The summed E-state index contributed by atoms with van der Waals surface area (Å²) in [5, 5.41) is 6.43. The third-order valence-corrected chi connectivity index (χ3v) is 4.00. The van der Waals surface area contributed by atoms with Crippen molar-refractivity contribution in [1.29, 1.82) is 0 Å². The lowest BCUT2D eigenvalue weighted by atomic mass is 10.1. The van der Waals surface area contributed by atoms with Gasteiger partial charge < -0.3 is 14.6 Å². The molecule has 3 aromatic rings. The topological polar surface area (TPSA) is 94.3 Å².